The molecule has 0 N–H and O–H groups in total. The third-order valence-corrected chi connectivity index (χ3v) is 4.78. The second kappa shape index (κ2) is 6.32. The second-order valence-electron chi connectivity index (χ2n) is 5.37. The van der Waals surface area contributed by atoms with E-state index in [-0.39, 0.29) is 5.63 Å². The van der Waals surface area contributed by atoms with Crippen LogP contribution < -0.4 is 5.63 Å². The van der Waals surface area contributed by atoms with Crippen molar-refractivity contribution < 1.29 is 4.42 Å². The van der Waals surface area contributed by atoms with Crippen molar-refractivity contribution in [2.45, 2.75) is 19.2 Å². The van der Waals surface area contributed by atoms with Crippen molar-refractivity contribution in [3.05, 3.63) is 69.6 Å². The third kappa shape index (κ3) is 2.86. The lowest BCUT2D eigenvalue weighted by molar-refractivity contribution is 0.557. The minimum absolute atomic E-state index is 0.290. The van der Waals surface area contributed by atoms with Crippen molar-refractivity contribution in [1.29, 1.82) is 0 Å². The summed E-state index contributed by atoms with van der Waals surface area (Å²) in [6.07, 6.45) is 1.71. The standard InChI is InChI=1S/C18H18O2P2/c1-11-6-17(19)20-18-15(10-22)7-14(8-16(11)18)13-4-2-12(9-21)3-5-13/h2-8H,9-10,21-22H2,1H3. The molecule has 0 saturated heterocycles. The van der Waals surface area contributed by atoms with Crippen LogP contribution in [0.25, 0.3) is 22.1 Å². The van der Waals surface area contributed by atoms with E-state index in [2.05, 4.69) is 54.9 Å². The van der Waals surface area contributed by atoms with Crippen LogP contribution in [0.2, 0.25) is 0 Å². The van der Waals surface area contributed by atoms with Crippen LogP contribution in [0.5, 0.6) is 0 Å². The van der Waals surface area contributed by atoms with E-state index >= 15 is 0 Å². The highest BCUT2D eigenvalue weighted by Crippen LogP contribution is 2.30. The molecule has 0 spiro atoms. The van der Waals surface area contributed by atoms with Gasteiger partial charge in [-0.1, -0.05) is 24.3 Å². The second-order valence-corrected chi connectivity index (χ2v) is 6.18. The van der Waals surface area contributed by atoms with Gasteiger partial charge in [0.2, 0.25) is 0 Å². The SMILES string of the molecule is Cc1cc(=O)oc2c(CP)cc(-c3ccc(CP)cc3)cc12. The van der Waals surface area contributed by atoms with Crippen LogP contribution in [-0.4, -0.2) is 0 Å². The summed E-state index contributed by atoms with van der Waals surface area (Å²) < 4.78 is 5.42. The molecule has 0 aliphatic carbocycles. The van der Waals surface area contributed by atoms with Gasteiger partial charge in [-0.15, -0.1) is 18.5 Å². The van der Waals surface area contributed by atoms with Crippen LogP contribution in [0.3, 0.4) is 0 Å². The molecular formula is C18H18O2P2. The lowest BCUT2D eigenvalue weighted by atomic mass is 9.98. The molecule has 4 heteroatoms. The predicted molar refractivity (Wildman–Crippen MR) is 99.5 cm³/mol. The average Bonchev–Trinajstić information content (AvgIpc) is 2.54. The molecule has 3 rings (SSSR count). The molecule has 112 valence electrons. The molecule has 0 bridgehead atoms. The Morgan fingerprint density at radius 2 is 1.68 bits per heavy atom. The predicted octanol–water partition coefficient (Wildman–Crippen LogP) is 4.52. The molecule has 2 nitrogen and oxygen atoms in total. The van der Waals surface area contributed by atoms with Crippen molar-refractivity contribution in [1.82, 2.24) is 0 Å². The van der Waals surface area contributed by atoms with Crippen molar-refractivity contribution in [2.24, 2.45) is 0 Å². The van der Waals surface area contributed by atoms with Gasteiger partial charge in [0, 0.05) is 11.5 Å². The molecule has 0 fully saturated rings. The van der Waals surface area contributed by atoms with Gasteiger partial charge in [0.25, 0.3) is 0 Å². The lowest BCUT2D eigenvalue weighted by Crippen LogP contribution is -2.00. The van der Waals surface area contributed by atoms with Crippen molar-refractivity contribution in [2.75, 3.05) is 0 Å². The molecule has 22 heavy (non-hydrogen) atoms. The Morgan fingerprint density at radius 3 is 2.32 bits per heavy atom. The summed E-state index contributed by atoms with van der Waals surface area (Å²) in [7, 11) is 5.45. The molecule has 0 amide bonds. The molecule has 0 saturated carbocycles. The number of fused-ring (bicyclic) bond motifs is 1. The van der Waals surface area contributed by atoms with Crippen LogP contribution in [0, 0.1) is 6.92 Å². The quantitative estimate of drug-likeness (QED) is 0.523. The van der Waals surface area contributed by atoms with E-state index in [1.165, 1.54) is 11.1 Å². The Labute approximate surface area is 134 Å². The van der Waals surface area contributed by atoms with E-state index in [9.17, 15) is 4.79 Å². The summed E-state index contributed by atoms with van der Waals surface area (Å²) in [5.41, 5.74) is 6.02. The van der Waals surface area contributed by atoms with E-state index in [0.717, 1.165) is 34.4 Å². The number of hydrogen-bond donors (Lipinski definition) is 0. The summed E-state index contributed by atoms with van der Waals surface area (Å²) in [6.45, 7) is 1.95. The molecule has 3 aromatic rings. The first kappa shape index (κ1) is 15.4. The highest BCUT2D eigenvalue weighted by Gasteiger charge is 2.10. The zero-order valence-corrected chi connectivity index (χ0v) is 14.7. The average molecular weight is 328 g/mol. The number of aryl methyl sites for hydroxylation is 1. The lowest BCUT2D eigenvalue weighted by Gasteiger charge is -2.10. The summed E-state index contributed by atoms with van der Waals surface area (Å²) in [5, 5.41) is 1.00. The van der Waals surface area contributed by atoms with Gasteiger partial charge in [0.1, 0.15) is 5.58 Å². The van der Waals surface area contributed by atoms with Gasteiger partial charge in [-0.05, 0) is 59.2 Å². The molecule has 1 heterocycles. The van der Waals surface area contributed by atoms with Crippen LogP contribution in [0.4, 0.5) is 0 Å². The van der Waals surface area contributed by atoms with Gasteiger partial charge in [-0.25, -0.2) is 4.79 Å². The maximum absolute atomic E-state index is 11.6. The smallest absolute Gasteiger partial charge is 0.336 e. The van der Waals surface area contributed by atoms with Gasteiger partial charge in [-0.3, -0.25) is 0 Å². The monoisotopic (exact) mass is 328 g/mol. The minimum Gasteiger partial charge on any atom is -0.422 e. The first-order chi connectivity index (χ1) is 10.6. The van der Waals surface area contributed by atoms with E-state index in [1.807, 2.05) is 6.92 Å². The Morgan fingerprint density at radius 1 is 0.955 bits per heavy atom. The fraction of sp³-hybridized carbons (Fsp3) is 0.167. The molecule has 2 atom stereocenters. The van der Waals surface area contributed by atoms with Gasteiger partial charge < -0.3 is 4.42 Å². The Bertz CT molecular complexity index is 880. The van der Waals surface area contributed by atoms with Crippen molar-refractivity contribution in [3.63, 3.8) is 0 Å². The highest BCUT2D eigenvalue weighted by atomic mass is 31.0. The molecule has 1 aromatic heterocycles. The van der Waals surface area contributed by atoms with E-state index in [0.29, 0.717) is 5.58 Å². The summed E-state index contributed by atoms with van der Waals surface area (Å²) in [5.74, 6) is 0. The first-order valence-electron chi connectivity index (χ1n) is 7.19. The number of hydrogen-bond acceptors (Lipinski definition) is 2. The Balaban J connectivity index is 2.24. The van der Waals surface area contributed by atoms with Gasteiger partial charge >= 0.3 is 5.63 Å². The number of rotatable bonds is 3. The third-order valence-electron chi connectivity index (χ3n) is 3.87. The van der Waals surface area contributed by atoms with Gasteiger partial charge in [0.15, 0.2) is 0 Å². The van der Waals surface area contributed by atoms with Gasteiger partial charge in [0.05, 0.1) is 0 Å². The van der Waals surface area contributed by atoms with Crippen molar-refractivity contribution >= 4 is 29.4 Å². The molecule has 0 aliphatic heterocycles. The fourth-order valence-electron chi connectivity index (χ4n) is 2.64. The van der Waals surface area contributed by atoms with E-state index in [4.69, 9.17) is 4.42 Å². The molecule has 2 aromatic carbocycles. The minimum atomic E-state index is -0.290. The van der Waals surface area contributed by atoms with Crippen LogP contribution in [0.1, 0.15) is 16.7 Å². The Kier molecular flexibility index (Phi) is 4.43. The molecule has 0 aliphatic rings. The molecule has 2 unspecified atom stereocenters. The Hall–Kier alpha value is -1.49. The van der Waals surface area contributed by atoms with Crippen LogP contribution in [-0.2, 0) is 12.3 Å². The fourth-order valence-corrected chi connectivity index (χ4v) is 3.21. The zero-order valence-electron chi connectivity index (χ0n) is 12.4. The highest BCUT2D eigenvalue weighted by molar-refractivity contribution is 7.15. The number of benzene rings is 2. The van der Waals surface area contributed by atoms with E-state index < -0.39 is 0 Å². The summed E-state index contributed by atoms with van der Waals surface area (Å²) in [4.78, 5) is 11.6. The van der Waals surface area contributed by atoms with E-state index in [1.54, 1.807) is 6.07 Å². The van der Waals surface area contributed by atoms with Crippen molar-refractivity contribution in [3.8, 4) is 11.1 Å². The maximum Gasteiger partial charge on any atom is 0.336 e. The summed E-state index contributed by atoms with van der Waals surface area (Å²) >= 11 is 0. The molecule has 0 radical (unpaired) electrons. The molecular weight excluding hydrogens is 310 g/mol. The van der Waals surface area contributed by atoms with Gasteiger partial charge in [-0.2, -0.15) is 0 Å². The largest absolute Gasteiger partial charge is 0.422 e. The zero-order chi connectivity index (χ0) is 15.7. The normalized spacial score (nSPS) is 11.0. The topological polar surface area (TPSA) is 30.2 Å². The summed E-state index contributed by atoms with van der Waals surface area (Å²) in [6, 6.07) is 14.3. The van der Waals surface area contributed by atoms with Crippen LogP contribution >= 0.6 is 18.5 Å². The van der Waals surface area contributed by atoms with Crippen LogP contribution in [0.15, 0.2) is 51.7 Å². The first-order valence-corrected chi connectivity index (χ1v) is 8.82. The maximum atomic E-state index is 11.6.